The van der Waals surface area contributed by atoms with E-state index in [4.69, 9.17) is 10.5 Å². The van der Waals surface area contributed by atoms with Crippen LogP contribution in [0.2, 0.25) is 0 Å². The number of hydrogen-bond acceptors (Lipinski definition) is 4. The van der Waals surface area contributed by atoms with Gasteiger partial charge in [-0.2, -0.15) is 0 Å². The van der Waals surface area contributed by atoms with E-state index in [2.05, 4.69) is 0 Å². The van der Waals surface area contributed by atoms with Crippen molar-refractivity contribution in [2.45, 2.75) is 45.3 Å². The highest BCUT2D eigenvalue weighted by Gasteiger charge is 2.49. The van der Waals surface area contributed by atoms with E-state index < -0.39 is 17.5 Å². The van der Waals surface area contributed by atoms with Crippen molar-refractivity contribution in [3.63, 3.8) is 0 Å². The van der Waals surface area contributed by atoms with E-state index in [1.54, 1.807) is 4.90 Å². The summed E-state index contributed by atoms with van der Waals surface area (Å²) in [5.74, 6) is -0.890. The first-order valence-corrected chi connectivity index (χ1v) is 7.28. The van der Waals surface area contributed by atoms with Gasteiger partial charge in [-0.25, -0.2) is 0 Å². The Bertz CT molecular complexity index is 399. The lowest BCUT2D eigenvalue weighted by Crippen LogP contribution is -2.43. The standard InChI is InChI=1S/C14H24N2O4/c1-9(2)14(13(18)19)5-6-16(8-14)12(17)11-4-3-10(7-15)20-11/h9-11H,3-8,15H2,1-2H3,(H,18,19). The molecule has 1 amide bonds. The fraction of sp³-hybridized carbons (Fsp3) is 0.857. The van der Waals surface area contributed by atoms with Gasteiger partial charge >= 0.3 is 5.97 Å². The summed E-state index contributed by atoms with van der Waals surface area (Å²) in [6, 6.07) is 0. The van der Waals surface area contributed by atoms with Crippen LogP contribution in [-0.4, -0.2) is 53.7 Å². The first kappa shape index (κ1) is 15.3. The predicted octanol–water partition coefficient (Wildman–Crippen LogP) is 0.452. The molecule has 0 aromatic heterocycles. The van der Waals surface area contributed by atoms with Crippen molar-refractivity contribution < 1.29 is 19.4 Å². The highest BCUT2D eigenvalue weighted by Crippen LogP contribution is 2.39. The fourth-order valence-corrected chi connectivity index (χ4v) is 3.18. The molecule has 0 radical (unpaired) electrons. The Morgan fingerprint density at radius 3 is 2.60 bits per heavy atom. The molecule has 6 nitrogen and oxygen atoms in total. The third-order valence-corrected chi connectivity index (χ3v) is 4.79. The maximum atomic E-state index is 12.4. The Morgan fingerprint density at radius 1 is 1.45 bits per heavy atom. The zero-order chi connectivity index (χ0) is 14.9. The largest absolute Gasteiger partial charge is 0.481 e. The minimum Gasteiger partial charge on any atom is -0.481 e. The lowest BCUT2D eigenvalue weighted by Gasteiger charge is -2.29. The number of aliphatic carboxylic acids is 1. The van der Waals surface area contributed by atoms with Crippen LogP contribution in [0.4, 0.5) is 0 Å². The molecule has 6 heteroatoms. The molecule has 3 atom stereocenters. The summed E-state index contributed by atoms with van der Waals surface area (Å²) >= 11 is 0. The second kappa shape index (κ2) is 5.69. The summed E-state index contributed by atoms with van der Waals surface area (Å²) in [4.78, 5) is 25.6. The van der Waals surface area contributed by atoms with Crippen LogP contribution in [0.5, 0.6) is 0 Å². The molecule has 0 aliphatic carbocycles. The molecule has 2 aliphatic heterocycles. The van der Waals surface area contributed by atoms with Crippen LogP contribution >= 0.6 is 0 Å². The summed E-state index contributed by atoms with van der Waals surface area (Å²) in [6.45, 7) is 5.01. The van der Waals surface area contributed by atoms with Gasteiger partial charge in [-0.1, -0.05) is 13.8 Å². The number of hydrogen-bond donors (Lipinski definition) is 2. The maximum absolute atomic E-state index is 12.4. The van der Waals surface area contributed by atoms with Crippen molar-refractivity contribution in [3.8, 4) is 0 Å². The number of carboxylic acid groups (broad SMARTS) is 1. The Kier molecular flexibility index (Phi) is 4.34. The van der Waals surface area contributed by atoms with Gasteiger partial charge in [-0.3, -0.25) is 9.59 Å². The molecule has 0 spiro atoms. The van der Waals surface area contributed by atoms with Gasteiger partial charge < -0.3 is 20.5 Å². The normalized spacial score (nSPS) is 33.9. The Labute approximate surface area is 119 Å². The first-order chi connectivity index (χ1) is 9.40. The molecule has 0 saturated carbocycles. The molecular formula is C14H24N2O4. The Morgan fingerprint density at radius 2 is 2.15 bits per heavy atom. The molecule has 3 N–H and O–H groups in total. The van der Waals surface area contributed by atoms with Crippen LogP contribution in [0.1, 0.15) is 33.1 Å². The molecule has 2 saturated heterocycles. The van der Waals surface area contributed by atoms with Crippen LogP contribution < -0.4 is 5.73 Å². The highest BCUT2D eigenvalue weighted by atomic mass is 16.5. The number of carbonyl (C=O) groups excluding carboxylic acids is 1. The van der Waals surface area contributed by atoms with Gasteiger partial charge in [-0.05, 0) is 25.2 Å². The average Bonchev–Trinajstić information content (AvgIpc) is 3.05. The molecule has 0 aromatic carbocycles. The Hall–Kier alpha value is -1.14. The predicted molar refractivity (Wildman–Crippen MR) is 73.1 cm³/mol. The second-order valence-corrected chi connectivity index (χ2v) is 6.19. The van der Waals surface area contributed by atoms with Gasteiger partial charge in [0, 0.05) is 19.6 Å². The topological polar surface area (TPSA) is 92.9 Å². The molecule has 2 rings (SSSR count). The van der Waals surface area contributed by atoms with Gasteiger partial charge in [0.05, 0.1) is 11.5 Å². The van der Waals surface area contributed by atoms with Crippen molar-refractivity contribution in [2.75, 3.05) is 19.6 Å². The monoisotopic (exact) mass is 284 g/mol. The molecule has 2 aliphatic rings. The van der Waals surface area contributed by atoms with Gasteiger partial charge in [-0.15, -0.1) is 0 Å². The van der Waals surface area contributed by atoms with Crippen LogP contribution in [0.3, 0.4) is 0 Å². The molecule has 2 fully saturated rings. The second-order valence-electron chi connectivity index (χ2n) is 6.19. The van der Waals surface area contributed by atoms with Crippen molar-refractivity contribution >= 4 is 11.9 Å². The third kappa shape index (κ3) is 2.54. The Balaban J connectivity index is 2.02. The molecule has 2 heterocycles. The van der Waals surface area contributed by atoms with E-state index in [9.17, 15) is 14.7 Å². The lowest BCUT2D eigenvalue weighted by molar-refractivity contribution is -0.152. The molecule has 20 heavy (non-hydrogen) atoms. The summed E-state index contributed by atoms with van der Waals surface area (Å²) in [7, 11) is 0. The summed E-state index contributed by atoms with van der Waals surface area (Å²) < 4.78 is 5.61. The van der Waals surface area contributed by atoms with Crippen LogP contribution in [0, 0.1) is 11.3 Å². The number of ether oxygens (including phenoxy) is 1. The average molecular weight is 284 g/mol. The van der Waals surface area contributed by atoms with Crippen molar-refractivity contribution in [1.82, 2.24) is 4.90 Å². The number of likely N-dealkylation sites (tertiary alicyclic amines) is 1. The minimum absolute atomic E-state index is 0.000846. The van der Waals surface area contributed by atoms with Crippen molar-refractivity contribution in [2.24, 2.45) is 17.1 Å². The number of nitrogens with zero attached hydrogens (tertiary/aromatic N) is 1. The van der Waals surface area contributed by atoms with E-state index in [0.29, 0.717) is 25.9 Å². The number of amides is 1. The van der Waals surface area contributed by atoms with Crippen LogP contribution in [0.25, 0.3) is 0 Å². The van der Waals surface area contributed by atoms with Gasteiger partial charge in [0.15, 0.2) is 0 Å². The summed E-state index contributed by atoms with van der Waals surface area (Å²) in [6.07, 6.45) is 1.51. The number of carboxylic acids is 1. The van der Waals surface area contributed by atoms with Gasteiger partial charge in [0.25, 0.3) is 5.91 Å². The molecule has 3 unspecified atom stereocenters. The summed E-state index contributed by atoms with van der Waals surface area (Å²) in [5.41, 5.74) is 4.73. The summed E-state index contributed by atoms with van der Waals surface area (Å²) in [5, 5.41) is 9.49. The highest BCUT2D eigenvalue weighted by molar-refractivity contribution is 5.84. The van der Waals surface area contributed by atoms with Crippen LogP contribution in [0.15, 0.2) is 0 Å². The molecular weight excluding hydrogens is 260 g/mol. The van der Waals surface area contributed by atoms with E-state index in [0.717, 1.165) is 6.42 Å². The van der Waals surface area contributed by atoms with Crippen molar-refractivity contribution in [1.29, 1.82) is 0 Å². The number of rotatable bonds is 4. The van der Waals surface area contributed by atoms with E-state index in [-0.39, 0.29) is 24.5 Å². The fourth-order valence-electron chi connectivity index (χ4n) is 3.18. The third-order valence-electron chi connectivity index (χ3n) is 4.79. The SMILES string of the molecule is CC(C)C1(C(=O)O)CCN(C(=O)C2CCC(CN)O2)C1. The molecule has 0 bridgehead atoms. The maximum Gasteiger partial charge on any atom is 0.311 e. The molecule has 114 valence electrons. The van der Waals surface area contributed by atoms with Gasteiger partial charge in [0.1, 0.15) is 6.10 Å². The smallest absolute Gasteiger partial charge is 0.311 e. The van der Waals surface area contributed by atoms with Crippen LogP contribution in [-0.2, 0) is 14.3 Å². The minimum atomic E-state index is -0.818. The number of carbonyl (C=O) groups is 2. The quantitative estimate of drug-likeness (QED) is 0.782. The zero-order valence-corrected chi connectivity index (χ0v) is 12.2. The van der Waals surface area contributed by atoms with E-state index >= 15 is 0 Å². The van der Waals surface area contributed by atoms with E-state index in [1.807, 2.05) is 13.8 Å². The van der Waals surface area contributed by atoms with E-state index in [1.165, 1.54) is 0 Å². The number of nitrogens with two attached hydrogens (primary N) is 1. The van der Waals surface area contributed by atoms with Crippen molar-refractivity contribution in [3.05, 3.63) is 0 Å². The molecule has 0 aromatic rings. The first-order valence-electron chi connectivity index (χ1n) is 7.28. The lowest BCUT2D eigenvalue weighted by atomic mass is 9.76. The zero-order valence-electron chi connectivity index (χ0n) is 12.2. The van der Waals surface area contributed by atoms with Gasteiger partial charge in [0.2, 0.25) is 0 Å².